The Morgan fingerprint density at radius 3 is 2.83 bits per heavy atom. The van der Waals surface area contributed by atoms with E-state index in [4.69, 9.17) is 10.2 Å². The Hall–Kier alpha value is -2.63. The number of hydrogen-bond acceptors (Lipinski definition) is 5. The second kappa shape index (κ2) is 4.70. The van der Waals surface area contributed by atoms with Crippen LogP contribution >= 0.6 is 0 Å². The molecular weight excluding hydrogens is 232 g/mol. The molecule has 18 heavy (non-hydrogen) atoms. The Bertz CT molecular complexity index is 591. The monoisotopic (exact) mass is 244 g/mol. The lowest BCUT2D eigenvalue weighted by atomic mass is 10.2. The third-order valence-electron chi connectivity index (χ3n) is 2.44. The molecule has 1 aromatic carbocycles. The molecule has 1 amide bonds. The molecule has 0 aliphatic heterocycles. The topological polar surface area (TPSA) is 84.7 Å². The van der Waals surface area contributed by atoms with E-state index < -0.39 is 5.91 Å². The SMILES string of the molecule is C=Nc1ccccc1N(C)c1nc(C(N)=O)co1. The molecule has 0 saturated heterocycles. The summed E-state index contributed by atoms with van der Waals surface area (Å²) in [5.41, 5.74) is 6.66. The lowest BCUT2D eigenvalue weighted by Gasteiger charge is -2.16. The first kappa shape index (κ1) is 11.8. The fraction of sp³-hybridized carbons (Fsp3) is 0.0833. The Morgan fingerprint density at radius 2 is 2.22 bits per heavy atom. The summed E-state index contributed by atoms with van der Waals surface area (Å²) < 4.78 is 5.19. The van der Waals surface area contributed by atoms with Gasteiger partial charge in [0.05, 0.1) is 11.4 Å². The van der Waals surface area contributed by atoms with Gasteiger partial charge in [0.15, 0.2) is 5.69 Å². The first-order valence-electron chi connectivity index (χ1n) is 5.18. The molecule has 0 saturated carbocycles. The molecule has 6 nitrogen and oxygen atoms in total. The maximum atomic E-state index is 10.9. The highest BCUT2D eigenvalue weighted by molar-refractivity contribution is 5.90. The summed E-state index contributed by atoms with van der Waals surface area (Å²) in [6.45, 7) is 3.50. The minimum absolute atomic E-state index is 0.0842. The molecule has 2 aromatic rings. The number of rotatable bonds is 4. The summed E-state index contributed by atoms with van der Waals surface area (Å²) in [5, 5.41) is 0. The maximum Gasteiger partial charge on any atom is 0.302 e. The van der Waals surface area contributed by atoms with Gasteiger partial charge in [0.2, 0.25) is 0 Å². The molecule has 0 atom stereocenters. The minimum atomic E-state index is -0.631. The number of para-hydroxylation sites is 2. The number of amides is 1. The lowest BCUT2D eigenvalue weighted by molar-refractivity contribution is 0.0995. The molecule has 0 aliphatic rings. The van der Waals surface area contributed by atoms with E-state index >= 15 is 0 Å². The molecule has 2 rings (SSSR count). The van der Waals surface area contributed by atoms with Crippen LogP contribution in [0.15, 0.2) is 39.9 Å². The van der Waals surface area contributed by atoms with Gasteiger partial charge in [-0.15, -0.1) is 0 Å². The van der Waals surface area contributed by atoms with Crippen LogP contribution in [0.4, 0.5) is 17.4 Å². The molecule has 1 heterocycles. The van der Waals surface area contributed by atoms with Crippen molar-refractivity contribution in [2.45, 2.75) is 0 Å². The number of carbonyl (C=O) groups is 1. The number of aliphatic imine (C=N–C) groups is 1. The highest BCUT2D eigenvalue weighted by Gasteiger charge is 2.15. The van der Waals surface area contributed by atoms with Gasteiger partial charge in [0.1, 0.15) is 6.26 Å². The van der Waals surface area contributed by atoms with Gasteiger partial charge in [0, 0.05) is 7.05 Å². The molecule has 0 fully saturated rings. The van der Waals surface area contributed by atoms with Gasteiger partial charge in [-0.25, -0.2) is 0 Å². The minimum Gasteiger partial charge on any atom is -0.431 e. The van der Waals surface area contributed by atoms with Crippen LogP contribution < -0.4 is 10.6 Å². The smallest absolute Gasteiger partial charge is 0.302 e. The van der Waals surface area contributed by atoms with E-state index in [1.165, 1.54) is 6.26 Å². The Kier molecular flexibility index (Phi) is 3.09. The highest BCUT2D eigenvalue weighted by atomic mass is 16.4. The van der Waals surface area contributed by atoms with Gasteiger partial charge in [-0.1, -0.05) is 12.1 Å². The predicted octanol–water partition coefficient (Wildman–Crippen LogP) is 1.87. The van der Waals surface area contributed by atoms with Gasteiger partial charge in [-0.05, 0) is 18.9 Å². The van der Waals surface area contributed by atoms with E-state index in [1.54, 1.807) is 11.9 Å². The number of anilines is 2. The number of benzene rings is 1. The van der Waals surface area contributed by atoms with E-state index in [-0.39, 0.29) is 11.7 Å². The summed E-state index contributed by atoms with van der Waals surface area (Å²) in [4.78, 5) is 20.5. The standard InChI is InChI=1S/C12H12N4O2/c1-14-8-5-3-4-6-10(8)16(2)12-15-9(7-18-12)11(13)17/h3-7H,1H2,2H3,(H2,13,17). The average molecular weight is 244 g/mol. The van der Waals surface area contributed by atoms with Crippen molar-refractivity contribution in [1.29, 1.82) is 0 Å². The Labute approximate surface area is 104 Å². The summed E-state index contributed by atoms with van der Waals surface area (Å²) in [6, 6.07) is 7.64. The third-order valence-corrected chi connectivity index (χ3v) is 2.44. The van der Waals surface area contributed by atoms with Crippen molar-refractivity contribution in [3.63, 3.8) is 0 Å². The number of hydrogen-bond donors (Lipinski definition) is 1. The summed E-state index contributed by atoms with van der Waals surface area (Å²) in [5.74, 6) is -0.631. The van der Waals surface area contributed by atoms with Crippen molar-refractivity contribution < 1.29 is 9.21 Å². The van der Waals surface area contributed by atoms with Crippen molar-refractivity contribution in [3.05, 3.63) is 36.2 Å². The van der Waals surface area contributed by atoms with Crippen LogP contribution in [0, 0.1) is 0 Å². The van der Waals surface area contributed by atoms with Crippen LogP contribution in [0.3, 0.4) is 0 Å². The van der Waals surface area contributed by atoms with Gasteiger partial charge in [-0.2, -0.15) is 4.98 Å². The molecular formula is C12H12N4O2. The van der Waals surface area contributed by atoms with E-state index in [0.29, 0.717) is 5.69 Å². The largest absolute Gasteiger partial charge is 0.431 e. The van der Waals surface area contributed by atoms with E-state index in [2.05, 4.69) is 16.7 Å². The van der Waals surface area contributed by atoms with Crippen LogP contribution in [0.5, 0.6) is 0 Å². The fourth-order valence-corrected chi connectivity index (χ4v) is 1.52. The van der Waals surface area contributed by atoms with Crippen molar-refractivity contribution in [3.8, 4) is 0 Å². The Balaban J connectivity index is 2.37. The zero-order valence-corrected chi connectivity index (χ0v) is 9.83. The van der Waals surface area contributed by atoms with Crippen LogP contribution in [0.2, 0.25) is 0 Å². The van der Waals surface area contributed by atoms with Gasteiger partial charge >= 0.3 is 6.01 Å². The molecule has 0 aliphatic carbocycles. The lowest BCUT2D eigenvalue weighted by Crippen LogP contribution is -2.13. The van der Waals surface area contributed by atoms with E-state index in [0.717, 1.165) is 5.69 Å². The van der Waals surface area contributed by atoms with Crippen LogP contribution in [0.25, 0.3) is 0 Å². The fourth-order valence-electron chi connectivity index (χ4n) is 1.52. The highest BCUT2D eigenvalue weighted by Crippen LogP contribution is 2.31. The number of aromatic nitrogens is 1. The molecule has 0 spiro atoms. The second-order valence-electron chi connectivity index (χ2n) is 3.59. The summed E-state index contributed by atoms with van der Waals surface area (Å²) >= 11 is 0. The Morgan fingerprint density at radius 1 is 1.50 bits per heavy atom. The zero-order valence-electron chi connectivity index (χ0n) is 9.83. The zero-order chi connectivity index (χ0) is 13.1. The average Bonchev–Trinajstić information content (AvgIpc) is 2.87. The number of carbonyl (C=O) groups excluding carboxylic acids is 1. The van der Waals surface area contributed by atoms with Crippen molar-refractivity contribution >= 4 is 30.0 Å². The summed E-state index contributed by atoms with van der Waals surface area (Å²) in [7, 11) is 1.75. The summed E-state index contributed by atoms with van der Waals surface area (Å²) in [6.07, 6.45) is 1.22. The van der Waals surface area contributed by atoms with Gasteiger partial charge < -0.3 is 10.2 Å². The third kappa shape index (κ3) is 2.08. The second-order valence-corrected chi connectivity index (χ2v) is 3.59. The number of nitrogens with zero attached hydrogens (tertiary/aromatic N) is 3. The molecule has 0 radical (unpaired) electrons. The molecule has 6 heteroatoms. The van der Waals surface area contributed by atoms with Crippen molar-refractivity contribution in [2.75, 3.05) is 11.9 Å². The molecule has 0 unspecified atom stereocenters. The predicted molar refractivity (Wildman–Crippen MR) is 68.7 cm³/mol. The number of oxazole rings is 1. The first-order chi connectivity index (χ1) is 8.63. The number of primary amides is 1. The van der Waals surface area contributed by atoms with E-state index in [9.17, 15) is 4.79 Å². The van der Waals surface area contributed by atoms with Crippen molar-refractivity contribution in [2.24, 2.45) is 10.7 Å². The quantitative estimate of drug-likeness (QED) is 0.832. The first-order valence-corrected chi connectivity index (χ1v) is 5.18. The number of nitrogens with two attached hydrogens (primary N) is 1. The van der Waals surface area contributed by atoms with Crippen LogP contribution in [0.1, 0.15) is 10.5 Å². The van der Waals surface area contributed by atoms with Crippen LogP contribution in [-0.2, 0) is 0 Å². The van der Waals surface area contributed by atoms with Crippen LogP contribution in [-0.4, -0.2) is 24.7 Å². The molecule has 2 N–H and O–H groups in total. The van der Waals surface area contributed by atoms with Gasteiger partial charge in [-0.3, -0.25) is 14.7 Å². The molecule has 1 aromatic heterocycles. The van der Waals surface area contributed by atoms with E-state index in [1.807, 2.05) is 24.3 Å². The van der Waals surface area contributed by atoms with Crippen molar-refractivity contribution in [1.82, 2.24) is 4.98 Å². The van der Waals surface area contributed by atoms with Gasteiger partial charge in [0.25, 0.3) is 5.91 Å². The molecule has 0 bridgehead atoms. The molecule has 92 valence electrons. The normalized spacial score (nSPS) is 10.1. The maximum absolute atomic E-state index is 10.9.